The predicted molar refractivity (Wildman–Crippen MR) is 99.2 cm³/mol. The van der Waals surface area contributed by atoms with E-state index in [4.69, 9.17) is 16.1 Å². The first-order valence-corrected chi connectivity index (χ1v) is 8.89. The number of halogens is 6. The van der Waals surface area contributed by atoms with E-state index in [9.17, 15) is 22.0 Å². The molecule has 0 bridgehead atoms. The first-order valence-electron chi connectivity index (χ1n) is 8.51. The summed E-state index contributed by atoms with van der Waals surface area (Å²) in [4.78, 5) is 0. The first-order chi connectivity index (χ1) is 14.2. The predicted octanol–water partition coefficient (Wildman–Crippen LogP) is 6.45. The number of rotatable bonds is 3. The van der Waals surface area contributed by atoms with Gasteiger partial charge in [0.15, 0.2) is 11.5 Å². The molecule has 4 rings (SSSR count). The van der Waals surface area contributed by atoms with E-state index < -0.39 is 29.1 Å². The van der Waals surface area contributed by atoms with Gasteiger partial charge in [-0.15, -0.1) is 0 Å². The van der Waals surface area contributed by atoms with Gasteiger partial charge in [-0.25, -0.2) is 13.5 Å². The van der Waals surface area contributed by atoms with E-state index in [1.54, 1.807) is 0 Å². The largest absolute Gasteiger partial charge is 0.434 e. The zero-order chi connectivity index (χ0) is 21.6. The second kappa shape index (κ2) is 7.24. The smallest absolute Gasteiger partial charge is 0.355 e. The Morgan fingerprint density at radius 3 is 2.37 bits per heavy atom. The summed E-state index contributed by atoms with van der Waals surface area (Å²) in [7, 11) is 0. The van der Waals surface area contributed by atoms with Gasteiger partial charge in [-0.3, -0.25) is 0 Å². The maximum Gasteiger partial charge on any atom is 0.434 e. The topological polar surface area (TPSA) is 43.9 Å². The van der Waals surface area contributed by atoms with Gasteiger partial charge in [-0.2, -0.15) is 18.3 Å². The van der Waals surface area contributed by atoms with Crippen LogP contribution >= 0.6 is 11.6 Å². The van der Waals surface area contributed by atoms with Gasteiger partial charge < -0.3 is 4.52 Å². The molecule has 10 heteroatoms. The Morgan fingerprint density at radius 2 is 1.70 bits per heavy atom. The lowest BCUT2D eigenvalue weighted by molar-refractivity contribution is -0.142. The van der Waals surface area contributed by atoms with Gasteiger partial charge in [0.05, 0.1) is 22.3 Å². The van der Waals surface area contributed by atoms with E-state index in [1.165, 1.54) is 37.3 Å². The average molecular weight is 440 g/mol. The van der Waals surface area contributed by atoms with Crippen LogP contribution in [0.25, 0.3) is 28.3 Å². The van der Waals surface area contributed by atoms with E-state index in [0.29, 0.717) is 4.68 Å². The second-order valence-electron chi connectivity index (χ2n) is 6.35. The van der Waals surface area contributed by atoms with Crippen molar-refractivity contribution in [3.63, 3.8) is 0 Å². The van der Waals surface area contributed by atoms with Crippen LogP contribution in [0.1, 0.15) is 11.3 Å². The molecule has 0 fully saturated rings. The highest BCUT2D eigenvalue weighted by Crippen LogP contribution is 2.42. The zero-order valence-electron chi connectivity index (χ0n) is 15.1. The van der Waals surface area contributed by atoms with Crippen LogP contribution in [0.2, 0.25) is 5.02 Å². The molecule has 0 amide bonds. The number of nitrogens with zero attached hydrogens (tertiary/aromatic N) is 3. The lowest BCUT2D eigenvalue weighted by Crippen LogP contribution is -2.15. The fraction of sp³-hybridized carbons (Fsp3) is 0.100. The molecule has 0 aliphatic heterocycles. The summed E-state index contributed by atoms with van der Waals surface area (Å²) < 4.78 is 75.7. The molecule has 0 aliphatic rings. The molecule has 0 radical (unpaired) electrons. The Hall–Kier alpha value is -3.20. The van der Waals surface area contributed by atoms with Crippen LogP contribution in [0.5, 0.6) is 0 Å². The molecule has 0 spiro atoms. The van der Waals surface area contributed by atoms with Crippen molar-refractivity contribution in [1.29, 1.82) is 0 Å². The summed E-state index contributed by atoms with van der Waals surface area (Å²) in [5, 5.41) is 7.47. The van der Waals surface area contributed by atoms with Crippen LogP contribution in [-0.4, -0.2) is 14.9 Å². The molecule has 0 aliphatic carbocycles. The molecule has 30 heavy (non-hydrogen) atoms. The number of aromatic nitrogens is 3. The Morgan fingerprint density at radius 1 is 1.00 bits per heavy atom. The highest BCUT2D eigenvalue weighted by molar-refractivity contribution is 6.33. The fourth-order valence-electron chi connectivity index (χ4n) is 3.14. The van der Waals surface area contributed by atoms with E-state index in [0.717, 1.165) is 18.3 Å². The fourth-order valence-corrected chi connectivity index (χ4v) is 3.39. The molecule has 0 unspecified atom stereocenters. The normalized spacial score (nSPS) is 11.8. The number of benzene rings is 2. The Bertz CT molecular complexity index is 1230. The van der Waals surface area contributed by atoms with Gasteiger partial charge in [0.2, 0.25) is 0 Å². The Kier molecular flexibility index (Phi) is 4.85. The van der Waals surface area contributed by atoms with Crippen molar-refractivity contribution in [3.8, 4) is 28.3 Å². The molecule has 0 atom stereocenters. The second-order valence-corrected chi connectivity index (χ2v) is 6.76. The molecule has 2 heterocycles. The average Bonchev–Trinajstić information content (AvgIpc) is 3.26. The Labute approximate surface area is 171 Å². The van der Waals surface area contributed by atoms with Gasteiger partial charge in [0.25, 0.3) is 0 Å². The molecule has 0 saturated carbocycles. The standard InChI is InChI=1S/C20H11ClF5N3O/c1-10-17(16-12(21)5-4-7-14(16)23)28-30-18(10)11-9-27-29(19(11)20(24,25)26)15-8-3-2-6-13(15)22/h2-9H,1H3. The van der Waals surface area contributed by atoms with E-state index in [1.807, 2.05) is 0 Å². The van der Waals surface area contributed by atoms with Crippen LogP contribution in [0, 0.1) is 18.6 Å². The summed E-state index contributed by atoms with van der Waals surface area (Å²) in [5.41, 5.74) is -2.11. The molecule has 154 valence electrons. The summed E-state index contributed by atoms with van der Waals surface area (Å²) >= 11 is 6.04. The lowest BCUT2D eigenvalue weighted by atomic mass is 10.0. The van der Waals surface area contributed by atoms with Gasteiger partial charge >= 0.3 is 6.18 Å². The monoisotopic (exact) mass is 439 g/mol. The van der Waals surface area contributed by atoms with Gasteiger partial charge in [-0.1, -0.05) is 35.0 Å². The molecular weight excluding hydrogens is 429 g/mol. The van der Waals surface area contributed by atoms with Crippen molar-refractivity contribution in [1.82, 2.24) is 14.9 Å². The van der Waals surface area contributed by atoms with Crippen LogP contribution < -0.4 is 0 Å². The summed E-state index contributed by atoms with van der Waals surface area (Å²) in [6.07, 6.45) is -4.00. The van der Waals surface area contributed by atoms with Crippen molar-refractivity contribution < 1.29 is 26.5 Å². The molecule has 2 aromatic heterocycles. The van der Waals surface area contributed by atoms with Crippen molar-refractivity contribution in [2.45, 2.75) is 13.1 Å². The molecule has 0 N–H and O–H groups in total. The number of para-hydroxylation sites is 1. The third-order valence-electron chi connectivity index (χ3n) is 4.49. The number of alkyl halides is 3. The molecular formula is C20H11ClF5N3O. The number of hydrogen-bond acceptors (Lipinski definition) is 3. The highest BCUT2D eigenvalue weighted by atomic mass is 35.5. The molecule has 4 aromatic rings. The Balaban J connectivity index is 1.93. The molecule has 0 saturated heterocycles. The lowest BCUT2D eigenvalue weighted by Gasteiger charge is -2.12. The summed E-state index contributed by atoms with van der Waals surface area (Å²) in [6.45, 7) is 1.42. The molecule has 2 aromatic carbocycles. The van der Waals surface area contributed by atoms with Crippen LogP contribution in [-0.2, 0) is 6.18 Å². The third kappa shape index (κ3) is 3.24. The summed E-state index contributed by atoms with van der Waals surface area (Å²) in [5.74, 6) is -1.87. The number of hydrogen-bond donors (Lipinski definition) is 0. The maximum absolute atomic E-state index is 14.3. The minimum Gasteiger partial charge on any atom is -0.355 e. The SMILES string of the molecule is Cc1c(-c2c(F)cccc2Cl)noc1-c1cnn(-c2ccccc2F)c1C(F)(F)F. The summed E-state index contributed by atoms with van der Waals surface area (Å²) in [6, 6.07) is 8.88. The molecule has 4 nitrogen and oxygen atoms in total. The van der Waals surface area contributed by atoms with Crippen LogP contribution in [0.3, 0.4) is 0 Å². The van der Waals surface area contributed by atoms with E-state index in [-0.39, 0.29) is 33.3 Å². The first kappa shape index (κ1) is 20.1. The van der Waals surface area contributed by atoms with Crippen molar-refractivity contribution in [2.24, 2.45) is 0 Å². The minimum absolute atomic E-state index is 0.0241. The minimum atomic E-state index is -4.90. The van der Waals surface area contributed by atoms with Crippen molar-refractivity contribution in [3.05, 3.63) is 76.6 Å². The van der Waals surface area contributed by atoms with E-state index >= 15 is 0 Å². The van der Waals surface area contributed by atoms with Gasteiger partial charge in [0, 0.05) is 5.56 Å². The third-order valence-corrected chi connectivity index (χ3v) is 4.80. The van der Waals surface area contributed by atoms with Gasteiger partial charge in [0.1, 0.15) is 23.0 Å². The van der Waals surface area contributed by atoms with E-state index in [2.05, 4.69) is 10.3 Å². The van der Waals surface area contributed by atoms with Crippen LogP contribution in [0.4, 0.5) is 22.0 Å². The quantitative estimate of drug-likeness (QED) is 0.344. The highest BCUT2D eigenvalue weighted by Gasteiger charge is 2.41. The van der Waals surface area contributed by atoms with Crippen molar-refractivity contribution in [2.75, 3.05) is 0 Å². The van der Waals surface area contributed by atoms with Crippen molar-refractivity contribution >= 4 is 11.6 Å². The zero-order valence-corrected chi connectivity index (χ0v) is 15.9. The van der Waals surface area contributed by atoms with Gasteiger partial charge in [-0.05, 0) is 31.2 Å². The van der Waals surface area contributed by atoms with Crippen LogP contribution in [0.15, 0.2) is 53.2 Å². The maximum atomic E-state index is 14.3.